The Morgan fingerprint density at radius 1 is 1.47 bits per heavy atom. The Kier molecular flexibility index (Phi) is 4.97. The Balaban J connectivity index is 2.04. The minimum atomic E-state index is -0.0368. The zero-order chi connectivity index (χ0) is 11.3. The highest BCUT2D eigenvalue weighted by molar-refractivity contribution is 7.80. The number of carbonyl (C=O) groups excluding carboxylic acids is 1. The van der Waals surface area contributed by atoms with Crippen molar-refractivity contribution in [1.29, 1.82) is 0 Å². The second-order valence-electron chi connectivity index (χ2n) is 5.09. The van der Waals surface area contributed by atoms with Gasteiger partial charge in [0.2, 0.25) is 0 Å². The molecule has 0 aromatic heterocycles. The summed E-state index contributed by atoms with van der Waals surface area (Å²) in [5, 5.41) is 0. The van der Waals surface area contributed by atoms with Gasteiger partial charge >= 0.3 is 5.97 Å². The molecule has 1 saturated carbocycles. The summed E-state index contributed by atoms with van der Waals surface area (Å²) >= 11 is 4.27. The average molecular weight is 230 g/mol. The molecule has 1 fully saturated rings. The zero-order valence-electron chi connectivity index (χ0n) is 9.79. The van der Waals surface area contributed by atoms with Crippen molar-refractivity contribution in [3.05, 3.63) is 0 Å². The number of hydrogen-bond acceptors (Lipinski definition) is 3. The highest BCUT2D eigenvalue weighted by atomic mass is 32.1. The lowest BCUT2D eigenvalue weighted by Gasteiger charge is -2.11. The number of esters is 1. The number of rotatable bonds is 7. The lowest BCUT2D eigenvalue weighted by Crippen LogP contribution is -2.14. The Hall–Kier alpha value is -0.180. The smallest absolute Gasteiger partial charge is 0.306 e. The van der Waals surface area contributed by atoms with Crippen LogP contribution in [0.3, 0.4) is 0 Å². The summed E-state index contributed by atoms with van der Waals surface area (Å²) < 4.78 is 5.20. The Labute approximate surface area is 98.2 Å². The van der Waals surface area contributed by atoms with Gasteiger partial charge in [0.15, 0.2) is 0 Å². The highest BCUT2D eigenvalue weighted by Gasteiger charge is 2.43. The van der Waals surface area contributed by atoms with Gasteiger partial charge in [-0.2, -0.15) is 12.6 Å². The van der Waals surface area contributed by atoms with Crippen molar-refractivity contribution in [2.24, 2.45) is 11.3 Å². The van der Waals surface area contributed by atoms with E-state index in [-0.39, 0.29) is 11.4 Å². The van der Waals surface area contributed by atoms with Gasteiger partial charge in [0.05, 0.1) is 13.0 Å². The first kappa shape index (κ1) is 12.9. The lowest BCUT2D eigenvalue weighted by atomic mass is 10.1. The van der Waals surface area contributed by atoms with Crippen LogP contribution < -0.4 is 0 Å². The quantitative estimate of drug-likeness (QED) is 0.413. The van der Waals surface area contributed by atoms with Crippen LogP contribution in [0.25, 0.3) is 0 Å². The van der Waals surface area contributed by atoms with Gasteiger partial charge < -0.3 is 4.74 Å². The molecule has 0 bridgehead atoms. The monoisotopic (exact) mass is 230 g/mol. The lowest BCUT2D eigenvalue weighted by molar-refractivity contribution is -0.145. The van der Waals surface area contributed by atoms with E-state index < -0.39 is 0 Å². The third-order valence-electron chi connectivity index (χ3n) is 3.00. The molecule has 3 heteroatoms. The third-order valence-corrected chi connectivity index (χ3v) is 3.67. The van der Waals surface area contributed by atoms with E-state index in [0.717, 1.165) is 31.4 Å². The molecule has 0 atom stereocenters. The molecule has 0 aliphatic heterocycles. The molecule has 0 N–H and O–H groups in total. The van der Waals surface area contributed by atoms with Gasteiger partial charge in [0.1, 0.15) is 0 Å². The van der Waals surface area contributed by atoms with E-state index in [0.29, 0.717) is 18.9 Å². The van der Waals surface area contributed by atoms with Crippen LogP contribution in [0.15, 0.2) is 0 Å². The highest BCUT2D eigenvalue weighted by Crippen LogP contribution is 2.49. The maximum absolute atomic E-state index is 11.4. The second-order valence-corrected chi connectivity index (χ2v) is 5.41. The van der Waals surface area contributed by atoms with Crippen molar-refractivity contribution >= 4 is 18.6 Å². The van der Waals surface area contributed by atoms with Gasteiger partial charge in [-0.1, -0.05) is 13.8 Å². The Morgan fingerprint density at radius 3 is 2.60 bits per heavy atom. The number of ether oxygens (including phenoxy) is 1. The summed E-state index contributed by atoms with van der Waals surface area (Å²) in [7, 11) is 0. The largest absolute Gasteiger partial charge is 0.466 e. The molecule has 0 aromatic carbocycles. The van der Waals surface area contributed by atoms with Gasteiger partial charge in [-0.25, -0.2) is 0 Å². The first-order valence-electron chi connectivity index (χ1n) is 5.84. The predicted octanol–water partition coefficient (Wildman–Crippen LogP) is 3.07. The fraction of sp³-hybridized carbons (Fsp3) is 0.917. The molecule has 1 aliphatic rings. The standard InChI is InChI=1S/C12H22O2S/c1-10(2)4-3-7-14-11(13)8-12(9-15)5-6-12/h10,15H,3-9H2,1-2H3. The minimum absolute atomic E-state index is 0.0368. The fourth-order valence-electron chi connectivity index (χ4n) is 1.60. The van der Waals surface area contributed by atoms with E-state index in [4.69, 9.17) is 4.74 Å². The summed E-state index contributed by atoms with van der Waals surface area (Å²) in [5.74, 6) is 1.47. The van der Waals surface area contributed by atoms with Gasteiger partial charge in [-0.3, -0.25) is 4.79 Å². The van der Waals surface area contributed by atoms with Crippen molar-refractivity contribution in [2.45, 2.75) is 46.0 Å². The van der Waals surface area contributed by atoms with Crippen molar-refractivity contribution in [3.8, 4) is 0 Å². The van der Waals surface area contributed by atoms with Gasteiger partial charge in [0, 0.05) is 0 Å². The molecular formula is C12H22O2S. The molecule has 0 spiro atoms. The maximum atomic E-state index is 11.4. The van der Waals surface area contributed by atoms with E-state index in [1.807, 2.05) is 0 Å². The van der Waals surface area contributed by atoms with E-state index >= 15 is 0 Å². The Bertz CT molecular complexity index is 210. The Morgan fingerprint density at radius 2 is 2.13 bits per heavy atom. The van der Waals surface area contributed by atoms with E-state index in [2.05, 4.69) is 26.5 Å². The number of thiol groups is 1. The molecule has 15 heavy (non-hydrogen) atoms. The van der Waals surface area contributed by atoms with Crippen LogP contribution in [-0.4, -0.2) is 18.3 Å². The van der Waals surface area contributed by atoms with E-state index in [1.54, 1.807) is 0 Å². The molecule has 1 rings (SSSR count). The van der Waals surface area contributed by atoms with Crippen LogP contribution in [0.1, 0.15) is 46.0 Å². The first-order chi connectivity index (χ1) is 7.08. The zero-order valence-corrected chi connectivity index (χ0v) is 10.7. The van der Waals surface area contributed by atoms with Crippen LogP contribution in [0.2, 0.25) is 0 Å². The molecule has 0 heterocycles. The molecular weight excluding hydrogens is 208 g/mol. The summed E-state index contributed by atoms with van der Waals surface area (Å²) in [5.41, 5.74) is 0.193. The summed E-state index contributed by atoms with van der Waals surface area (Å²) in [4.78, 5) is 11.4. The van der Waals surface area contributed by atoms with Gasteiger partial charge in [0.25, 0.3) is 0 Å². The van der Waals surface area contributed by atoms with Gasteiger partial charge in [-0.15, -0.1) is 0 Å². The molecule has 0 unspecified atom stereocenters. The van der Waals surface area contributed by atoms with E-state index in [1.165, 1.54) is 0 Å². The van der Waals surface area contributed by atoms with Crippen LogP contribution in [0, 0.1) is 11.3 Å². The normalized spacial score (nSPS) is 17.9. The molecule has 1 aliphatic carbocycles. The van der Waals surface area contributed by atoms with Crippen molar-refractivity contribution < 1.29 is 9.53 Å². The first-order valence-corrected chi connectivity index (χ1v) is 6.48. The van der Waals surface area contributed by atoms with Crippen molar-refractivity contribution in [3.63, 3.8) is 0 Å². The fourth-order valence-corrected chi connectivity index (χ4v) is 2.03. The predicted molar refractivity (Wildman–Crippen MR) is 65.2 cm³/mol. The van der Waals surface area contributed by atoms with Crippen LogP contribution in [-0.2, 0) is 9.53 Å². The maximum Gasteiger partial charge on any atom is 0.306 e. The number of hydrogen-bond donors (Lipinski definition) is 1. The van der Waals surface area contributed by atoms with Crippen LogP contribution in [0.5, 0.6) is 0 Å². The topological polar surface area (TPSA) is 26.3 Å². The van der Waals surface area contributed by atoms with Gasteiger partial charge in [-0.05, 0) is 42.8 Å². The average Bonchev–Trinajstić information content (AvgIpc) is 2.93. The van der Waals surface area contributed by atoms with Crippen LogP contribution in [0.4, 0.5) is 0 Å². The molecule has 0 amide bonds. The van der Waals surface area contributed by atoms with E-state index in [9.17, 15) is 4.79 Å². The summed E-state index contributed by atoms with van der Waals surface area (Å²) in [6, 6.07) is 0. The number of carbonyl (C=O) groups is 1. The molecule has 0 aromatic rings. The summed E-state index contributed by atoms with van der Waals surface area (Å²) in [6.07, 6.45) is 4.95. The minimum Gasteiger partial charge on any atom is -0.466 e. The third kappa shape index (κ3) is 4.92. The molecule has 0 saturated heterocycles. The van der Waals surface area contributed by atoms with Crippen LogP contribution >= 0.6 is 12.6 Å². The van der Waals surface area contributed by atoms with Crippen molar-refractivity contribution in [2.75, 3.05) is 12.4 Å². The molecule has 88 valence electrons. The SMILES string of the molecule is CC(C)CCCOC(=O)CC1(CS)CC1. The van der Waals surface area contributed by atoms with Crippen molar-refractivity contribution in [1.82, 2.24) is 0 Å². The molecule has 0 radical (unpaired) electrons. The summed E-state index contributed by atoms with van der Waals surface area (Å²) in [6.45, 7) is 4.95. The second kappa shape index (κ2) is 5.78. The molecule has 2 nitrogen and oxygen atoms in total.